The number of ether oxygens (including phenoxy) is 2. The Morgan fingerprint density at radius 1 is 1.03 bits per heavy atom. The zero-order valence-corrected chi connectivity index (χ0v) is 18.0. The number of hydrogen-bond acceptors (Lipinski definition) is 6. The van der Waals surface area contributed by atoms with Gasteiger partial charge in [-0.3, -0.25) is 4.79 Å². The van der Waals surface area contributed by atoms with Gasteiger partial charge in [-0.1, -0.05) is 18.2 Å². The van der Waals surface area contributed by atoms with E-state index in [2.05, 4.69) is 21.8 Å². The average molecular weight is 418 g/mol. The van der Waals surface area contributed by atoms with Crippen molar-refractivity contribution in [2.45, 2.75) is 19.9 Å². The number of carbonyl (C=O) groups excluding carboxylic acids is 1. The maximum atomic E-state index is 13.0. The van der Waals surface area contributed by atoms with Gasteiger partial charge in [0.15, 0.2) is 0 Å². The average Bonchev–Trinajstić information content (AvgIpc) is 2.79. The number of piperazine rings is 1. The van der Waals surface area contributed by atoms with E-state index >= 15 is 0 Å². The summed E-state index contributed by atoms with van der Waals surface area (Å²) in [6.45, 7) is 6.06. The van der Waals surface area contributed by atoms with Crippen molar-refractivity contribution in [3.63, 3.8) is 0 Å². The number of rotatable bonds is 5. The van der Waals surface area contributed by atoms with Crippen LogP contribution in [0.25, 0.3) is 0 Å². The highest BCUT2D eigenvalue weighted by Crippen LogP contribution is 2.26. The summed E-state index contributed by atoms with van der Waals surface area (Å²) < 4.78 is 11.0. The third kappa shape index (κ3) is 4.60. The van der Waals surface area contributed by atoms with E-state index in [0.717, 1.165) is 22.7 Å². The molecular weight excluding hydrogens is 392 g/mol. The molecule has 2 heterocycles. The first-order chi connectivity index (χ1) is 15.0. The highest BCUT2D eigenvalue weighted by molar-refractivity contribution is 5.96. The van der Waals surface area contributed by atoms with Gasteiger partial charge in [0.05, 0.1) is 7.11 Å². The first-order valence-electron chi connectivity index (χ1n) is 10.3. The highest BCUT2D eigenvalue weighted by atomic mass is 16.5. The minimum atomic E-state index is 0.0572. The lowest BCUT2D eigenvalue weighted by Gasteiger charge is -2.40. The number of anilines is 1. The van der Waals surface area contributed by atoms with Gasteiger partial charge in [-0.15, -0.1) is 0 Å². The van der Waals surface area contributed by atoms with Crippen LogP contribution in [-0.4, -0.2) is 53.6 Å². The number of aromatic nitrogens is 2. The number of carbonyl (C=O) groups is 1. The van der Waals surface area contributed by atoms with E-state index in [1.165, 1.54) is 6.33 Å². The molecule has 0 radical (unpaired) electrons. The molecule has 2 aromatic carbocycles. The molecule has 0 aliphatic carbocycles. The van der Waals surface area contributed by atoms with E-state index in [1.54, 1.807) is 7.11 Å². The van der Waals surface area contributed by atoms with E-state index < -0.39 is 0 Å². The van der Waals surface area contributed by atoms with Crippen molar-refractivity contribution >= 4 is 11.7 Å². The number of methoxy groups -OCH3 is 1. The van der Waals surface area contributed by atoms with Gasteiger partial charge in [-0.05, 0) is 49.7 Å². The first kappa shape index (κ1) is 20.7. The van der Waals surface area contributed by atoms with Crippen LogP contribution < -0.4 is 14.4 Å². The van der Waals surface area contributed by atoms with Crippen LogP contribution in [0.3, 0.4) is 0 Å². The van der Waals surface area contributed by atoms with Gasteiger partial charge in [0.2, 0.25) is 5.88 Å². The molecule has 7 nitrogen and oxygen atoms in total. The van der Waals surface area contributed by atoms with Crippen molar-refractivity contribution in [2.24, 2.45) is 0 Å². The molecule has 0 N–H and O–H groups in total. The minimum Gasteiger partial charge on any atom is -0.497 e. The van der Waals surface area contributed by atoms with Crippen molar-refractivity contribution in [3.8, 4) is 17.4 Å². The molecule has 1 amide bonds. The molecular formula is C24H26N4O3. The quantitative estimate of drug-likeness (QED) is 0.625. The Morgan fingerprint density at radius 3 is 2.48 bits per heavy atom. The number of amides is 1. The molecule has 4 rings (SSSR count). The van der Waals surface area contributed by atoms with Gasteiger partial charge < -0.3 is 19.3 Å². The molecule has 1 aliphatic heterocycles. The third-order valence-electron chi connectivity index (χ3n) is 5.50. The van der Waals surface area contributed by atoms with E-state index in [1.807, 2.05) is 66.4 Å². The van der Waals surface area contributed by atoms with Crippen LogP contribution in [0.4, 0.5) is 5.82 Å². The van der Waals surface area contributed by atoms with Gasteiger partial charge >= 0.3 is 0 Å². The second-order valence-electron chi connectivity index (χ2n) is 7.60. The van der Waals surface area contributed by atoms with E-state index in [0.29, 0.717) is 31.3 Å². The van der Waals surface area contributed by atoms with Crippen molar-refractivity contribution in [1.82, 2.24) is 14.9 Å². The zero-order chi connectivity index (χ0) is 21.8. The zero-order valence-electron chi connectivity index (χ0n) is 18.0. The molecule has 0 unspecified atom stereocenters. The lowest BCUT2D eigenvalue weighted by atomic mass is 10.1. The maximum absolute atomic E-state index is 13.0. The second-order valence-corrected chi connectivity index (χ2v) is 7.60. The minimum absolute atomic E-state index is 0.0572. The van der Waals surface area contributed by atoms with Gasteiger partial charge in [0.1, 0.15) is 23.6 Å². The fourth-order valence-corrected chi connectivity index (χ4v) is 3.76. The van der Waals surface area contributed by atoms with Crippen molar-refractivity contribution in [1.29, 1.82) is 0 Å². The van der Waals surface area contributed by atoms with Crippen LogP contribution in [0.5, 0.6) is 17.4 Å². The summed E-state index contributed by atoms with van der Waals surface area (Å²) in [6.07, 6.45) is 1.50. The summed E-state index contributed by atoms with van der Waals surface area (Å²) in [6, 6.07) is 17.0. The second kappa shape index (κ2) is 9.04. The standard InChI is InChI=1S/C24H26N4O3/c1-17-6-4-5-7-21(17)24(29)28-13-12-27(15-18(28)2)22-14-23(26-16-25-22)31-20-10-8-19(30-3)9-11-20/h4-11,14,16,18H,12-13,15H2,1-3H3/t18-/m1/s1. The van der Waals surface area contributed by atoms with E-state index in [9.17, 15) is 4.79 Å². The fourth-order valence-electron chi connectivity index (χ4n) is 3.76. The molecule has 1 saturated heterocycles. The summed E-state index contributed by atoms with van der Waals surface area (Å²) in [5.41, 5.74) is 1.76. The molecule has 160 valence electrons. The van der Waals surface area contributed by atoms with Crippen LogP contribution in [0.2, 0.25) is 0 Å². The number of hydrogen-bond donors (Lipinski definition) is 0. The summed E-state index contributed by atoms with van der Waals surface area (Å²) >= 11 is 0. The molecule has 3 aromatic rings. The van der Waals surface area contributed by atoms with Crippen molar-refractivity contribution in [2.75, 3.05) is 31.6 Å². The topological polar surface area (TPSA) is 67.8 Å². The Hall–Kier alpha value is -3.61. The molecule has 0 saturated carbocycles. The number of nitrogens with zero attached hydrogens (tertiary/aromatic N) is 4. The Kier molecular flexibility index (Phi) is 6.02. The first-order valence-corrected chi connectivity index (χ1v) is 10.3. The van der Waals surface area contributed by atoms with Crippen LogP contribution in [0.1, 0.15) is 22.8 Å². The van der Waals surface area contributed by atoms with Crippen LogP contribution in [0, 0.1) is 6.92 Å². The lowest BCUT2D eigenvalue weighted by Crippen LogP contribution is -2.54. The summed E-state index contributed by atoms with van der Waals surface area (Å²) in [4.78, 5) is 25.8. The maximum Gasteiger partial charge on any atom is 0.254 e. The molecule has 0 spiro atoms. The predicted molar refractivity (Wildman–Crippen MR) is 119 cm³/mol. The van der Waals surface area contributed by atoms with Crippen molar-refractivity contribution < 1.29 is 14.3 Å². The predicted octanol–water partition coefficient (Wildman–Crippen LogP) is 3.94. The Labute approximate surface area is 182 Å². The Morgan fingerprint density at radius 2 is 1.77 bits per heavy atom. The van der Waals surface area contributed by atoms with Gasteiger partial charge in [0.25, 0.3) is 5.91 Å². The lowest BCUT2D eigenvalue weighted by molar-refractivity contribution is 0.0673. The third-order valence-corrected chi connectivity index (χ3v) is 5.50. The van der Waals surface area contributed by atoms with E-state index in [4.69, 9.17) is 9.47 Å². The summed E-state index contributed by atoms with van der Waals surface area (Å²) in [5.74, 6) is 2.78. The summed E-state index contributed by atoms with van der Waals surface area (Å²) in [7, 11) is 1.63. The highest BCUT2D eigenvalue weighted by Gasteiger charge is 2.29. The smallest absolute Gasteiger partial charge is 0.254 e. The molecule has 1 atom stereocenters. The Bertz CT molecular complexity index is 1050. The van der Waals surface area contributed by atoms with E-state index in [-0.39, 0.29) is 11.9 Å². The Balaban J connectivity index is 1.43. The molecule has 1 aromatic heterocycles. The normalized spacial score (nSPS) is 16.2. The van der Waals surface area contributed by atoms with Crippen molar-refractivity contribution in [3.05, 3.63) is 72.1 Å². The van der Waals surface area contributed by atoms with Crippen LogP contribution >= 0.6 is 0 Å². The van der Waals surface area contributed by atoms with Crippen LogP contribution in [-0.2, 0) is 0 Å². The molecule has 0 bridgehead atoms. The molecule has 7 heteroatoms. The molecule has 1 aliphatic rings. The largest absolute Gasteiger partial charge is 0.497 e. The van der Waals surface area contributed by atoms with Gasteiger partial charge in [-0.25, -0.2) is 9.97 Å². The molecule has 1 fully saturated rings. The van der Waals surface area contributed by atoms with Crippen LogP contribution in [0.15, 0.2) is 60.9 Å². The fraction of sp³-hybridized carbons (Fsp3) is 0.292. The SMILES string of the molecule is COc1ccc(Oc2cc(N3CCN(C(=O)c4ccccc4C)[C@H](C)C3)ncn2)cc1. The molecule has 31 heavy (non-hydrogen) atoms. The number of benzene rings is 2. The number of aryl methyl sites for hydroxylation is 1. The summed E-state index contributed by atoms with van der Waals surface area (Å²) in [5, 5.41) is 0. The monoisotopic (exact) mass is 418 g/mol. The van der Waals surface area contributed by atoms with Gasteiger partial charge in [0, 0.05) is 37.3 Å². The van der Waals surface area contributed by atoms with Gasteiger partial charge in [-0.2, -0.15) is 0 Å².